The van der Waals surface area contributed by atoms with Crippen LogP contribution in [0.4, 0.5) is 0 Å². The highest BCUT2D eigenvalue weighted by atomic mass is 32.2. The van der Waals surface area contributed by atoms with Gasteiger partial charge in [0.15, 0.2) is 0 Å². The van der Waals surface area contributed by atoms with Crippen LogP contribution in [0.25, 0.3) is 0 Å². The Kier molecular flexibility index (Phi) is 5.33. The van der Waals surface area contributed by atoms with Gasteiger partial charge in [-0.3, -0.25) is 4.79 Å². The number of ether oxygens (including phenoxy) is 1. The van der Waals surface area contributed by atoms with Crippen molar-refractivity contribution in [2.75, 3.05) is 19.5 Å². The molecule has 2 unspecified atom stereocenters. The van der Waals surface area contributed by atoms with Crippen molar-refractivity contribution in [1.82, 2.24) is 0 Å². The average molecular weight is 218 g/mol. The van der Waals surface area contributed by atoms with Gasteiger partial charge in [0.25, 0.3) is 0 Å². The summed E-state index contributed by atoms with van der Waals surface area (Å²) in [7, 11) is 1.68. The summed E-state index contributed by atoms with van der Waals surface area (Å²) >= 11 is 1.75. The molecule has 0 aromatic rings. The third-order valence-corrected chi connectivity index (χ3v) is 4.03. The maximum absolute atomic E-state index is 11.0. The zero-order valence-electron chi connectivity index (χ0n) is 8.57. The normalized spacial score (nSPS) is 27.5. The lowest BCUT2D eigenvalue weighted by Crippen LogP contribution is -2.29. The molecule has 1 N–H and O–H groups in total. The standard InChI is InChI=1S/C10H18O3S/c1-13-6-7-14-9-5-3-2-4-8(9)10(11)12/h8-9H,2-7H2,1H3,(H,11,12). The van der Waals surface area contributed by atoms with Gasteiger partial charge in [-0.15, -0.1) is 0 Å². The van der Waals surface area contributed by atoms with Crippen LogP contribution in [-0.2, 0) is 9.53 Å². The molecule has 1 rings (SSSR count). The van der Waals surface area contributed by atoms with Gasteiger partial charge in [-0.05, 0) is 12.8 Å². The van der Waals surface area contributed by atoms with Gasteiger partial charge in [0.1, 0.15) is 0 Å². The molecule has 0 radical (unpaired) electrons. The number of hydrogen-bond donors (Lipinski definition) is 1. The van der Waals surface area contributed by atoms with Crippen molar-refractivity contribution in [2.24, 2.45) is 5.92 Å². The topological polar surface area (TPSA) is 46.5 Å². The SMILES string of the molecule is COCCSC1CCCCC1C(=O)O. The van der Waals surface area contributed by atoms with E-state index in [0.29, 0.717) is 11.9 Å². The average Bonchev–Trinajstić information content (AvgIpc) is 2.19. The third-order valence-electron chi connectivity index (χ3n) is 2.64. The molecule has 3 nitrogen and oxygen atoms in total. The Labute approximate surface area is 89.2 Å². The molecule has 1 saturated carbocycles. The Morgan fingerprint density at radius 1 is 1.50 bits per heavy atom. The maximum atomic E-state index is 11.0. The monoisotopic (exact) mass is 218 g/mol. The van der Waals surface area contributed by atoms with E-state index in [4.69, 9.17) is 9.84 Å². The van der Waals surface area contributed by atoms with E-state index in [9.17, 15) is 4.79 Å². The quantitative estimate of drug-likeness (QED) is 0.717. The molecule has 14 heavy (non-hydrogen) atoms. The van der Waals surface area contributed by atoms with Crippen molar-refractivity contribution >= 4 is 17.7 Å². The lowest BCUT2D eigenvalue weighted by atomic mass is 9.89. The minimum absolute atomic E-state index is 0.134. The maximum Gasteiger partial charge on any atom is 0.307 e. The molecule has 0 saturated heterocycles. The minimum Gasteiger partial charge on any atom is -0.481 e. The van der Waals surface area contributed by atoms with Gasteiger partial charge in [-0.25, -0.2) is 0 Å². The van der Waals surface area contributed by atoms with Crippen LogP contribution in [0, 0.1) is 5.92 Å². The number of carboxylic acid groups (broad SMARTS) is 1. The van der Waals surface area contributed by atoms with Crippen LogP contribution in [0.2, 0.25) is 0 Å². The van der Waals surface area contributed by atoms with Gasteiger partial charge in [0.05, 0.1) is 12.5 Å². The predicted octanol–water partition coefficient (Wildman–Crippen LogP) is 2.01. The number of rotatable bonds is 5. The molecular formula is C10H18O3S. The molecular weight excluding hydrogens is 200 g/mol. The highest BCUT2D eigenvalue weighted by Gasteiger charge is 2.30. The highest BCUT2D eigenvalue weighted by molar-refractivity contribution is 7.99. The van der Waals surface area contributed by atoms with Crippen LogP contribution in [0.3, 0.4) is 0 Å². The van der Waals surface area contributed by atoms with Crippen molar-refractivity contribution in [3.05, 3.63) is 0 Å². The van der Waals surface area contributed by atoms with Gasteiger partial charge in [-0.2, -0.15) is 11.8 Å². The zero-order chi connectivity index (χ0) is 10.4. The molecule has 0 aliphatic heterocycles. The van der Waals surface area contributed by atoms with Gasteiger partial charge in [-0.1, -0.05) is 12.8 Å². The predicted molar refractivity (Wildman–Crippen MR) is 57.7 cm³/mol. The molecule has 4 heteroatoms. The molecule has 1 aliphatic rings. The van der Waals surface area contributed by atoms with E-state index in [2.05, 4.69) is 0 Å². The smallest absolute Gasteiger partial charge is 0.307 e. The van der Waals surface area contributed by atoms with Crippen molar-refractivity contribution < 1.29 is 14.6 Å². The number of methoxy groups -OCH3 is 1. The zero-order valence-corrected chi connectivity index (χ0v) is 9.39. The van der Waals surface area contributed by atoms with Gasteiger partial charge >= 0.3 is 5.97 Å². The second kappa shape index (κ2) is 6.30. The molecule has 1 aliphatic carbocycles. The van der Waals surface area contributed by atoms with Crippen molar-refractivity contribution in [3.63, 3.8) is 0 Å². The van der Waals surface area contributed by atoms with E-state index >= 15 is 0 Å². The Morgan fingerprint density at radius 2 is 2.21 bits per heavy atom. The Balaban J connectivity index is 2.34. The Hall–Kier alpha value is -0.220. The first kappa shape index (κ1) is 11.9. The van der Waals surface area contributed by atoms with Crippen LogP contribution in [0.5, 0.6) is 0 Å². The van der Waals surface area contributed by atoms with Crippen molar-refractivity contribution in [3.8, 4) is 0 Å². The van der Waals surface area contributed by atoms with Crippen LogP contribution < -0.4 is 0 Å². The first-order valence-corrected chi connectivity index (χ1v) is 6.14. The fourth-order valence-electron chi connectivity index (χ4n) is 1.86. The van der Waals surface area contributed by atoms with Gasteiger partial charge in [0.2, 0.25) is 0 Å². The second-order valence-electron chi connectivity index (χ2n) is 3.63. The van der Waals surface area contributed by atoms with E-state index in [1.807, 2.05) is 0 Å². The van der Waals surface area contributed by atoms with E-state index < -0.39 is 5.97 Å². The highest BCUT2D eigenvalue weighted by Crippen LogP contribution is 2.33. The molecule has 2 atom stereocenters. The fraction of sp³-hybridized carbons (Fsp3) is 0.900. The van der Waals surface area contributed by atoms with Crippen LogP contribution in [0.15, 0.2) is 0 Å². The van der Waals surface area contributed by atoms with Crippen LogP contribution in [-0.4, -0.2) is 35.8 Å². The van der Waals surface area contributed by atoms with E-state index in [-0.39, 0.29) is 5.92 Å². The summed E-state index contributed by atoms with van der Waals surface area (Å²) in [5, 5.41) is 9.32. The molecule has 0 heterocycles. The fourth-order valence-corrected chi connectivity index (χ4v) is 3.25. The molecule has 82 valence electrons. The summed E-state index contributed by atoms with van der Waals surface area (Å²) < 4.78 is 4.96. The van der Waals surface area contributed by atoms with E-state index in [1.165, 1.54) is 6.42 Å². The Bertz CT molecular complexity index is 184. The molecule has 0 bridgehead atoms. The summed E-state index contributed by atoms with van der Waals surface area (Å²) in [6.45, 7) is 0.716. The molecule has 1 fully saturated rings. The summed E-state index contributed by atoms with van der Waals surface area (Å²) in [5.74, 6) is 0.149. The van der Waals surface area contributed by atoms with E-state index in [0.717, 1.165) is 25.0 Å². The van der Waals surface area contributed by atoms with Gasteiger partial charge in [0, 0.05) is 18.1 Å². The van der Waals surface area contributed by atoms with Crippen molar-refractivity contribution in [1.29, 1.82) is 0 Å². The lowest BCUT2D eigenvalue weighted by molar-refractivity contribution is -0.142. The summed E-state index contributed by atoms with van der Waals surface area (Å²) in [6.07, 6.45) is 4.14. The molecule has 0 spiro atoms. The number of aliphatic carboxylic acids is 1. The summed E-state index contributed by atoms with van der Waals surface area (Å²) in [5.41, 5.74) is 0. The summed E-state index contributed by atoms with van der Waals surface area (Å²) in [6, 6.07) is 0. The lowest BCUT2D eigenvalue weighted by Gasteiger charge is -2.27. The summed E-state index contributed by atoms with van der Waals surface area (Å²) in [4.78, 5) is 11.0. The number of thioether (sulfide) groups is 1. The first-order chi connectivity index (χ1) is 6.75. The van der Waals surface area contributed by atoms with Crippen LogP contribution in [0.1, 0.15) is 25.7 Å². The number of carbonyl (C=O) groups is 1. The largest absolute Gasteiger partial charge is 0.481 e. The minimum atomic E-state index is -0.625. The van der Waals surface area contributed by atoms with E-state index in [1.54, 1.807) is 18.9 Å². The Morgan fingerprint density at radius 3 is 2.86 bits per heavy atom. The molecule has 0 aromatic carbocycles. The van der Waals surface area contributed by atoms with Gasteiger partial charge < -0.3 is 9.84 Å². The van der Waals surface area contributed by atoms with Crippen LogP contribution >= 0.6 is 11.8 Å². The number of hydrogen-bond acceptors (Lipinski definition) is 3. The third kappa shape index (κ3) is 3.50. The molecule has 0 amide bonds. The number of carboxylic acids is 1. The first-order valence-electron chi connectivity index (χ1n) is 5.09. The van der Waals surface area contributed by atoms with Crippen molar-refractivity contribution in [2.45, 2.75) is 30.9 Å². The molecule has 0 aromatic heterocycles. The second-order valence-corrected chi connectivity index (χ2v) is 4.98.